The molecule has 0 amide bonds. The van der Waals surface area contributed by atoms with Gasteiger partial charge in [0.2, 0.25) is 0 Å². The van der Waals surface area contributed by atoms with Crippen LogP contribution in [-0.2, 0) is 9.53 Å². The first kappa shape index (κ1) is 15.0. The second-order valence-corrected chi connectivity index (χ2v) is 5.35. The van der Waals surface area contributed by atoms with E-state index in [2.05, 4.69) is 5.32 Å². The van der Waals surface area contributed by atoms with E-state index in [-0.39, 0.29) is 11.8 Å². The summed E-state index contributed by atoms with van der Waals surface area (Å²) in [7, 11) is 0. The number of hydrogen-bond donors (Lipinski definition) is 1. The molecule has 2 rings (SSSR count). The lowest BCUT2D eigenvalue weighted by Crippen LogP contribution is -2.33. The third kappa shape index (κ3) is 4.30. The van der Waals surface area contributed by atoms with Crippen LogP contribution in [0.5, 0.6) is 0 Å². The van der Waals surface area contributed by atoms with Gasteiger partial charge in [-0.05, 0) is 55.8 Å². The molecule has 0 unspecified atom stereocenters. The number of carbonyl (C=O) groups is 1. The highest BCUT2D eigenvalue weighted by atomic mass is 19.1. The van der Waals surface area contributed by atoms with E-state index < -0.39 is 0 Å². The Morgan fingerprint density at radius 1 is 1.35 bits per heavy atom. The molecule has 1 fully saturated rings. The first-order valence-electron chi connectivity index (χ1n) is 7.30. The molecule has 0 saturated heterocycles. The zero-order valence-electron chi connectivity index (χ0n) is 11.9. The van der Waals surface area contributed by atoms with E-state index in [1.54, 1.807) is 0 Å². The SMILES string of the molecule is CCOC(=O)CCNCC1CC(c2ccc(F)cc2)C1. The Morgan fingerprint density at radius 2 is 2.05 bits per heavy atom. The van der Waals surface area contributed by atoms with Crippen LogP contribution < -0.4 is 5.32 Å². The molecule has 1 N–H and O–H groups in total. The fourth-order valence-corrected chi connectivity index (χ4v) is 2.64. The van der Waals surface area contributed by atoms with Crippen molar-refractivity contribution in [1.29, 1.82) is 0 Å². The van der Waals surface area contributed by atoms with Crippen LogP contribution in [0.3, 0.4) is 0 Å². The van der Waals surface area contributed by atoms with Gasteiger partial charge in [0.25, 0.3) is 0 Å². The number of hydrogen-bond acceptors (Lipinski definition) is 3. The van der Waals surface area contributed by atoms with Gasteiger partial charge < -0.3 is 10.1 Å². The molecule has 0 atom stereocenters. The van der Waals surface area contributed by atoms with Crippen LogP contribution in [0.1, 0.15) is 37.7 Å². The van der Waals surface area contributed by atoms with Crippen molar-refractivity contribution >= 4 is 5.97 Å². The average Bonchev–Trinajstić information content (AvgIpc) is 2.38. The molecule has 3 nitrogen and oxygen atoms in total. The Morgan fingerprint density at radius 3 is 2.70 bits per heavy atom. The second kappa shape index (κ2) is 7.39. The van der Waals surface area contributed by atoms with Gasteiger partial charge in [-0.1, -0.05) is 12.1 Å². The lowest BCUT2D eigenvalue weighted by atomic mass is 9.71. The van der Waals surface area contributed by atoms with Crippen molar-refractivity contribution in [1.82, 2.24) is 5.32 Å². The van der Waals surface area contributed by atoms with Crippen molar-refractivity contribution in [2.45, 2.75) is 32.1 Å². The van der Waals surface area contributed by atoms with Crippen molar-refractivity contribution in [3.8, 4) is 0 Å². The van der Waals surface area contributed by atoms with Gasteiger partial charge in [-0.2, -0.15) is 0 Å². The Bertz CT molecular complexity index is 427. The lowest BCUT2D eigenvalue weighted by Gasteiger charge is -2.36. The van der Waals surface area contributed by atoms with Gasteiger partial charge in [0.15, 0.2) is 0 Å². The van der Waals surface area contributed by atoms with E-state index >= 15 is 0 Å². The molecule has 0 aliphatic heterocycles. The van der Waals surface area contributed by atoms with Gasteiger partial charge in [-0.3, -0.25) is 4.79 Å². The van der Waals surface area contributed by atoms with Crippen molar-refractivity contribution in [2.75, 3.05) is 19.7 Å². The highest BCUT2D eigenvalue weighted by molar-refractivity contribution is 5.69. The largest absolute Gasteiger partial charge is 0.466 e. The van der Waals surface area contributed by atoms with Gasteiger partial charge in [0.05, 0.1) is 13.0 Å². The minimum absolute atomic E-state index is 0.141. The summed E-state index contributed by atoms with van der Waals surface area (Å²) in [4.78, 5) is 11.1. The fourth-order valence-electron chi connectivity index (χ4n) is 2.64. The minimum atomic E-state index is -0.176. The van der Waals surface area contributed by atoms with Crippen LogP contribution in [0.2, 0.25) is 0 Å². The van der Waals surface area contributed by atoms with Gasteiger partial charge in [0, 0.05) is 6.54 Å². The van der Waals surface area contributed by atoms with Crippen LogP contribution in [0.25, 0.3) is 0 Å². The number of rotatable bonds is 7. The number of nitrogens with one attached hydrogen (secondary N) is 1. The van der Waals surface area contributed by atoms with Crippen LogP contribution >= 0.6 is 0 Å². The molecule has 1 aliphatic rings. The first-order valence-corrected chi connectivity index (χ1v) is 7.30. The van der Waals surface area contributed by atoms with Crippen molar-refractivity contribution in [2.24, 2.45) is 5.92 Å². The van der Waals surface area contributed by atoms with E-state index in [0.717, 1.165) is 19.4 Å². The molecule has 110 valence electrons. The lowest BCUT2D eigenvalue weighted by molar-refractivity contribution is -0.142. The Kier molecular flexibility index (Phi) is 5.53. The molecule has 1 aromatic carbocycles. The number of esters is 1. The van der Waals surface area contributed by atoms with E-state index in [1.807, 2.05) is 19.1 Å². The zero-order chi connectivity index (χ0) is 14.4. The van der Waals surface area contributed by atoms with E-state index in [9.17, 15) is 9.18 Å². The molecule has 0 aromatic heterocycles. The Labute approximate surface area is 119 Å². The molecule has 20 heavy (non-hydrogen) atoms. The van der Waals surface area contributed by atoms with Crippen molar-refractivity contribution < 1.29 is 13.9 Å². The molecule has 1 saturated carbocycles. The number of ether oxygens (including phenoxy) is 1. The minimum Gasteiger partial charge on any atom is -0.466 e. The molecular formula is C16H22FNO2. The topological polar surface area (TPSA) is 38.3 Å². The number of carbonyl (C=O) groups excluding carboxylic acids is 1. The standard InChI is InChI=1S/C16H22FNO2/c1-2-20-16(19)7-8-18-11-12-9-14(10-12)13-3-5-15(17)6-4-13/h3-6,12,14,18H,2,7-11H2,1H3. The maximum absolute atomic E-state index is 12.8. The summed E-state index contributed by atoms with van der Waals surface area (Å²) in [6.45, 7) is 3.88. The average molecular weight is 279 g/mol. The predicted molar refractivity (Wildman–Crippen MR) is 76.0 cm³/mol. The summed E-state index contributed by atoms with van der Waals surface area (Å²) in [5, 5.41) is 3.30. The quantitative estimate of drug-likeness (QED) is 0.616. The van der Waals surface area contributed by atoms with E-state index in [1.165, 1.54) is 17.7 Å². The molecule has 0 spiro atoms. The second-order valence-electron chi connectivity index (χ2n) is 5.35. The fraction of sp³-hybridized carbons (Fsp3) is 0.562. The molecule has 1 aromatic rings. The maximum Gasteiger partial charge on any atom is 0.307 e. The van der Waals surface area contributed by atoms with Gasteiger partial charge >= 0.3 is 5.97 Å². The third-order valence-corrected chi connectivity index (χ3v) is 3.82. The maximum atomic E-state index is 12.8. The smallest absolute Gasteiger partial charge is 0.307 e. The van der Waals surface area contributed by atoms with Gasteiger partial charge in [-0.25, -0.2) is 4.39 Å². The molecule has 4 heteroatoms. The van der Waals surface area contributed by atoms with Crippen LogP contribution in [0.4, 0.5) is 4.39 Å². The Hall–Kier alpha value is -1.42. The number of benzene rings is 1. The van der Waals surface area contributed by atoms with Gasteiger partial charge in [-0.15, -0.1) is 0 Å². The van der Waals surface area contributed by atoms with E-state index in [4.69, 9.17) is 4.74 Å². The molecule has 0 bridgehead atoms. The predicted octanol–water partition coefficient (Wildman–Crippen LogP) is 2.86. The molecule has 0 heterocycles. The summed E-state index contributed by atoms with van der Waals surface area (Å²) in [5.74, 6) is 0.905. The third-order valence-electron chi connectivity index (χ3n) is 3.82. The summed E-state index contributed by atoms with van der Waals surface area (Å²) >= 11 is 0. The first-order chi connectivity index (χ1) is 9.69. The van der Waals surface area contributed by atoms with Crippen LogP contribution in [0, 0.1) is 11.7 Å². The summed E-state index contributed by atoms with van der Waals surface area (Å²) < 4.78 is 17.7. The van der Waals surface area contributed by atoms with E-state index in [0.29, 0.717) is 31.4 Å². The number of halogens is 1. The molecule has 0 radical (unpaired) electrons. The summed E-state index contributed by atoms with van der Waals surface area (Å²) in [6, 6.07) is 6.81. The summed E-state index contributed by atoms with van der Waals surface area (Å²) in [5.41, 5.74) is 1.23. The van der Waals surface area contributed by atoms with Crippen molar-refractivity contribution in [3.63, 3.8) is 0 Å². The monoisotopic (exact) mass is 279 g/mol. The zero-order valence-corrected chi connectivity index (χ0v) is 11.9. The van der Waals surface area contributed by atoms with Gasteiger partial charge in [0.1, 0.15) is 5.82 Å². The Balaban J connectivity index is 1.58. The summed E-state index contributed by atoms with van der Waals surface area (Å²) in [6.07, 6.45) is 2.71. The van der Waals surface area contributed by atoms with Crippen LogP contribution in [-0.4, -0.2) is 25.7 Å². The van der Waals surface area contributed by atoms with Crippen molar-refractivity contribution in [3.05, 3.63) is 35.6 Å². The highest BCUT2D eigenvalue weighted by Crippen LogP contribution is 2.41. The normalized spacial score (nSPS) is 21.3. The van der Waals surface area contributed by atoms with Crippen LogP contribution in [0.15, 0.2) is 24.3 Å². The highest BCUT2D eigenvalue weighted by Gasteiger charge is 2.29. The molecular weight excluding hydrogens is 257 g/mol. The molecule has 1 aliphatic carbocycles.